The fourth-order valence-electron chi connectivity index (χ4n) is 5.26. The number of esters is 1. The van der Waals surface area contributed by atoms with Crippen molar-refractivity contribution >= 4 is 5.97 Å². The standard InChI is InChI=1S/C28H42O5/c1-6-17-31-27-21(13-15-24(32-27)22-18-25(29)33-26(22)30)11-7-9-19(2)12-14-23-20(3)10-8-16-28(23,4)5/h9,13,18,24,26-27,30H,6-8,10-12,14-17H2,1-5H3. The first kappa shape index (κ1) is 25.9. The molecule has 0 radical (unpaired) electrons. The fourth-order valence-corrected chi connectivity index (χ4v) is 5.26. The number of ether oxygens (including phenoxy) is 3. The van der Waals surface area contributed by atoms with Crippen LogP contribution in [0.25, 0.3) is 0 Å². The summed E-state index contributed by atoms with van der Waals surface area (Å²) in [6.45, 7) is 12.0. The second-order valence-electron chi connectivity index (χ2n) is 10.4. The van der Waals surface area contributed by atoms with Crippen LogP contribution in [-0.2, 0) is 19.0 Å². The molecule has 0 bridgehead atoms. The third-order valence-electron chi connectivity index (χ3n) is 7.21. The predicted molar refractivity (Wildman–Crippen MR) is 130 cm³/mol. The Kier molecular flexibility index (Phi) is 9.14. The van der Waals surface area contributed by atoms with Gasteiger partial charge in [0.05, 0.1) is 6.10 Å². The van der Waals surface area contributed by atoms with Crippen LogP contribution in [0.5, 0.6) is 0 Å². The van der Waals surface area contributed by atoms with E-state index in [-0.39, 0.29) is 0 Å². The van der Waals surface area contributed by atoms with Crippen molar-refractivity contribution in [3.05, 3.63) is 46.1 Å². The lowest BCUT2D eigenvalue weighted by molar-refractivity contribution is -0.162. The molecule has 0 saturated heterocycles. The first-order chi connectivity index (χ1) is 15.7. The van der Waals surface area contributed by atoms with Crippen molar-refractivity contribution in [2.75, 3.05) is 6.61 Å². The maximum absolute atomic E-state index is 11.5. The number of cyclic esters (lactones) is 1. The van der Waals surface area contributed by atoms with E-state index in [4.69, 9.17) is 14.2 Å². The zero-order chi connectivity index (χ0) is 24.0. The normalized spacial score (nSPS) is 28.0. The van der Waals surface area contributed by atoms with Crippen molar-refractivity contribution in [2.45, 2.75) is 111 Å². The summed E-state index contributed by atoms with van der Waals surface area (Å²) in [5.41, 5.74) is 6.65. The summed E-state index contributed by atoms with van der Waals surface area (Å²) < 4.78 is 16.9. The lowest BCUT2D eigenvalue weighted by Crippen LogP contribution is -2.34. The second kappa shape index (κ2) is 11.6. The van der Waals surface area contributed by atoms with Crippen LogP contribution in [-0.4, -0.2) is 36.4 Å². The lowest BCUT2D eigenvalue weighted by atomic mass is 9.71. The molecule has 3 unspecified atom stereocenters. The van der Waals surface area contributed by atoms with Crippen molar-refractivity contribution in [3.8, 4) is 0 Å². The Hall–Kier alpha value is -1.69. The first-order valence-electron chi connectivity index (χ1n) is 12.6. The van der Waals surface area contributed by atoms with Crippen LogP contribution < -0.4 is 0 Å². The number of carbonyl (C=O) groups excluding carboxylic acids is 1. The minimum Gasteiger partial charge on any atom is -0.429 e. The SMILES string of the molecule is CCCOC1OC(C2=CC(=O)OC2O)CC=C1CCC=C(C)CCC1=C(C)CCCC1(C)C. The summed E-state index contributed by atoms with van der Waals surface area (Å²) in [4.78, 5) is 11.5. The summed E-state index contributed by atoms with van der Waals surface area (Å²) >= 11 is 0. The smallest absolute Gasteiger partial charge is 0.333 e. The molecular weight excluding hydrogens is 416 g/mol. The van der Waals surface area contributed by atoms with Crippen LogP contribution in [0.2, 0.25) is 0 Å². The molecule has 0 spiro atoms. The van der Waals surface area contributed by atoms with Gasteiger partial charge in [-0.25, -0.2) is 4.79 Å². The van der Waals surface area contributed by atoms with E-state index in [1.807, 2.05) is 0 Å². The van der Waals surface area contributed by atoms with Crippen LogP contribution in [0, 0.1) is 5.41 Å². The molecule has 5 heteroatoms. The molecule has 0 amide bonds. The van der Waals surface area contributed by atoms with Crippen LogP contribution in [0.4, 0.5) is 0 Å². The van der Waals surface area contributed by atoms with Crippen molar-refractivity contribution in [1.82, 2.24) is 0 Å². The van der Waals surface area contributed by atoms with Crippen LogP contribution in [0.1, 0.15) is 92.4 Å². The largest absolute Gasteiger partial charge is 0.429 e. The molecule has 184 valence electrons. The summed E-state index contributed by atoms with van der Waals surface area (Å²) in [5.74, 6) is -0.523. The zero-order valence-corrected chi connectivity index (χ0v) is 21.1. The van der Waals surface area contributed by atoms with E-state index >= 15 is 0 Å². The highest BCUT2D eigenvalue weighted by atomic mass is 16.7. The maximum Gasteiger partial charge on any atom is 0.333 e. The molecule has 0 aromatic carbocycles. The molecule has 33 heavy (non-hydrogen) atoms. The Balaban J connectivity index is 1.56. The summed E-state index contributed by atoms with van der Waals surface area (Å²) in [6.07, 6.45) is 13.2. The minimum absolute atomic E-state index is 0.339. The lowest BCUT2D eigenvalue weighted by Gasteiger charge is -2.35. The van der Waals surface area contributed by atoms with Crippen LogP contribution >= 0.6 is 0 Å². The van der Waals surface area contributed by atoms with E-state index in [0.717, 1.165) is 37.7 Å². The Morgan fingerprint density at radius 2 is 2.12 bits per heavy atom. The molecule has 0 aromatic heterocycles. The number of aliphatic hydroxyl groups excluding tert-OH is 1. The number of aliphatic hydroxyl groups is 1. The van der Waals surface area contributed by atoms with Gasteiger partial charge in [0.15, 0.2) is 6.29 Å². The molecule has 0 fully saturated rings. The third kappa shape index (κ3) is 6.91. The Morgan fingerprint density at radius 3 is 2.79 bits per heavy atom. The van der Waals surface area contributed by atoms with Crippen molar-refractivity contribution in [3.63, 3.8) is 0 Å². The van der Waals surface area contributed by atoms with Gasteiger partial charge in [-0.1, -0.05) is 49.6 Å². The van der Waals surface area contributed by atoms with E-state index in [2.05, 4.69) is 46.8 Å². The molecule has 3 rings (SSSR count). The van der Waals surface area contributed by atoms with Crippen molar-refractivity contribution in [1.29, 1.82) is 0 Å². The van der Waals surface area contributed by atoms with Gasteiger partial charge in [-0.15, -0.1) is 0 Å². The highest BCUT2D eigenvalue weighted by Gasteiger charge is 2.35. The molecular formula is C28H42O5. The molecule has 5 nitrogen and oxygen atoms in total. The molecule has 2 heterocycles. The number of allylic oxidation sites excluding steroid dienone is 4. The van der Waals surface area contributed by atoms with Gasteiger partial charge in [0, 0.05) is 18.3 Å². The number of rotatable bonds is 10. The summed E-state index contributed by atoms with van der Waals surface area (Å²) in [5, 5.41) is 9.97. The van der Waals surface area contributed by atoms with Gasteiger partial charge in [0.25, 0.3) is 0 Å². The van der Waals surface area contributed by atoms with E-state index in [1.165, 1.54) is 30.9 Å². The van der Waals surface area contributed by atoms with Crippen molar-refractivity contribution in [2.24, 2.45) is 5.41 Å². The van der Waals surface area contributed by atoms with Gasteiger partial charge in [-0.3, -0.25) is 0 Å². The molecule has 3 aliphatic rings. The van der Waals surface area contributed by atoms with Crippen LogP contribution in [0.3, 0.4) is 0 Å². The molecule has 3 atom stereocenters. The highest BCUT2D eigenvalue weighted by molar-refractivity contribution is 5.85. The van der Waals surface area contributed by atoms with Crippen LogP contribution in [0.15, 0.2) is 46.1 Å². The van der Waals surface area contributed by atoms with E-state index < -0.39 is 24.7 Å². The average Bonchev–Trinajstić information content (AvgIpc) is 3.10. The van der Waals surface area contributed by atoms with Gasteiger partial charge < -0.3 is 19.3 Å². The Morgan fingerprint density at radius 1 is 1.33 bits per heavy atom. The first-order valence-corrected chi connectivity index (χ1v) is 12.6. The Labute approximate surface area is 199 Å². The predicted octanol–water partition coefficient (Wildman–Crippen LogP) is 6.29. The molecule has 1 N–H and O–H groups in total. The summed E-state index contributed by atoms with van der Waals surface area (Å²) in [7, 11) is 0. The second-order valence-corrected chi connectivity index (χ2v) is 10.4. The van der Waals surface area contributed by atoms with Gasteiger partial charge in [0.1, 0.15) is 0 Å². The molecule has 0 aromatic rings. The minimum atomic E-state index is -1.22. The quantitative estimate of drug-likeness (QED) is 0.308. The number of hydrogen-bond acceptors (Lipinski definition) is 5. The number of hydrogen-bond donors (Lipinski definition) is 1. The topological polar surface area (TPSA) is 65.0 Å². The molecule has 1 aliphatic carbocycles. The van der Waals surface area contributed by atoms with E-state index in [1.54, 1.807) is 11.1 Å². The highest BCUT2D eigenvalue weighted by Crippen LogP contribution is 2.42. The molecule has 2 aliphatic heterocycles. The Bertz CT molecular complexity index is 829. The van der Waals surface area contributed by atoms with Gasteiger partial charge >= 0.3 is 5.97 Å². The monoisotopic (exact) mass is 458 g/mol. The number of carbonyl (C=O) groups is 1. The average molecular weight is 459 g/mol. The van der Waals surface area contributed by atoms with Crippen molar-refractivity contribution < 1.29 is 24.1 Å². The third-order valence-corrected chi connectivity index (χ3v) is 7.21. The summed E-state index contributed by atoms with van der Waals surface area (Å²) in [6, 6.07) is 0. The fraction of sp³-hybridized carbons (Fsp3) is 0.679. The van der Waals surface area contributed by atoms with Gasteiger partial charge in [-0.2, -0.15) is 0 Å². The molecule has 0 saturated carbocycles. The maximum atomic E-state index is 11.5. The van der Waals surface area contributed by atoms with Gasteiger partial charge in [-0.05, 0) is 82.6 Å². The van der Waals surface area contributed by atoms with Gasteiger partial charge in [0.2, 0.25) is 6.29 Å². The zero-order valence-electron chi connectivity index (χ0n) is 21.1. The van der Waals surface area contributed by atoms with E-state index in [0.29, 0.717) is 24.0 Å². The van der Waals surface area contributed by atoms with E-state index in [9.17, 15) is 9.90 Å².